The lowest BCUT2D eigenvalue weighted by atomic mass is 10.1. The first-order chi connectivity index (χ1) is 16.4. The minimum atomic E-state index is -0.981. The molecule has 186 valence electrons. The third-order valence-corrected chi connectivity index (χ3v) is 8.46. The summed E-state index contributed by atoms with van der Waals surface area (Å²) < 4.78 is 20.5. The molecule has 10 nitrogen and oxygen atoms in total. The van der Waals surface area contributed by atoms with Gasteiger partial charge in [-0.2, -0.15) is 4.98 Å². The van der Waals surface area contributed by atoms with Gasteiger partial charge in [0.05, 0.1) is 18.8 Å². The highest BCUT2D eigenvalue weighted by Crippen LogP contribution is 2.29. The van der Waals surface area contributed by atoms with Gasteiger partial charge in [-0.1, -0.05) is 0 Å². The molecule has 0 aliphatic carbocycles. The van der Waals surface area contributed by atoms with E-state index >= 15 is 0 Å². The van der Waals surface area contributed by atoms with Crippen LogP contribution in [0.25, 0.3) is 0 Å². The highest BCUT2D eigenvalue weighted by molar-refractivity contribution is 9.10. The number of piperidine rings is 1. The van der Waals surface area contributed by atoms with Crippen molar-refractivity contribution in [1.82, 2.24) is 19.5 Å². The van der Waals surface area contributed by atoms with Crippen LogP contribution in [0, 0.1) is 0 Å². The highest BCUT2D eigenvalue weighted by Gasteiger charge is 2.26. The van der Waals surface area contributed by atoms with Gasteiger partial charge >= 0.3 is 0 Å². The molecule has 0 radical (unpaired) electrons. The van der Waals surface area contributed by atoms with Crippen LogP contribution in [0.3, 0.4) is 0 Å². The van der Waals surface area contributed by atoms with Gasteiger partial charge in [0.1, 0.15) is 12.0 Å². The number of hydrogen-bond acceptors (Lipinski definition) is 9. The number of aromatic nitrogens is 1. The van der Waals surface area contributed by atoms with Gasteiger partial charge in [-0.05, 0) is 67.1 Å². The molecule has 34 heavy (non-hydrogen) atoms. The third-order valence-electron chi connectivity index (χ3n) is 6.27. The maximum atomic E-state index is 12.8. The van der Waals surface area contributed by atoms with Crippen LogP contribution in [0.2, 0.25) is 0 Å². The standard InChI is InChI=1S/C22H32BrN7O3S/c1-28-7-4-16(5-8-28)25-6-13-34(32)30-11-9-29(10-12-30)17-2-3-18(23)19(14-17)26-21(31)20-15-33-22(24)27-20/h2-3,14-16,25H,4-13H2,1H3,(H2,24,27)(H,26,31). The van der Waals surface area contributed by atoms with E-state index in [-0.39, 0.29) is 11.7 Å². The van der Waals surface area contributed by atoms with Crippen LogP contribution in [-0.4, -0.2) is 89.3 Å². The quantitative estimate of drug-likeness (QED) is 0.419. The number of halogens is 1. The molecule has 0 bridgehead atoms. The maximum absolute atomic E-state index is 12.8. The molecule has 2 saturated heterocycles. The van der Waals surface area contributed by atoms with E-state index in [4.69, 9.17) is 10.2 Å². The number of amides is 1. The zero-order chi connectivity index (χ0) is 24.1. The fourth-order valence-corrected chi connectivity index (χ4v) is 5.69. The van der Waals surface area contributed by atoms with E-state index in [1.54, 1.807) is 0 Å². The summed E-state index contributed by atoms with van der Waals surface area (Å²) in [4.78, 5) is 20.9. The average molecular weight is 555 g/mol. The Balaban J connectivity index is 1.25. The SMILES string of the molecule is CN1CCC(NCC[S+]([O-])N2CCN(c3ccc(Br)c(NC(=O)c4coc(N)n4)c3)CC2)CC1. The number of piperazine rings is 1. The summed E-state index contributed by atoms with van der Waals surface area (Å²) in [5.74, 6) is 0.250. The Morgan fingerprint density at radius 3 is 2.68 bits per heavy atom. The lowest BCUT2D eigenvalue weighted by Crippen LogP contribution is -2.50. The number of nitrogen functional groups attached to an aromatic ring is 1. The summed E-state index contributed by atoms with van der Waals surface area (Å²) in [6.45, 7) is 6.03. The number of nitrogens with two attached hydrogens (primary N) is 1. The Labute approximate surface area is 211 Å². The van der Waals surface area contributed by atoms with E-state index in [0.29, 0.717) is 17.5 Å². The molecule has 4 N–H and O–H groups in total. The molecule has 1 aromatic carbocycles. The van der Waals surface area contributed by atoms with E-state index in [1.807, 2.05) is 18.2 Å². The molecule has 2 aliphatic heterocycles. The van der Waals surface area contributed by atoms with Crippen molar-refractivity contribution in [3.63, 3.8) is 0 Å². The Hall–Kier alpha value is -1.83. The van der Waals surface area contributed by atoms with Crippen molar-refractivity contribution in [2.24, 2.45) is 0 Å². The smallest absolute Gasteiger partial charge is 0.292 e. The predicted molar refractivity (Wildman–Crippen MR) is 138 cm³/mol. The second kappa shape index (κ2) is 11.7. The zero-order valence-corrected chi connectivity index (χ0v) is 21.7. The topological polar surface area (TPSA) is 126 Å². The summed E-state index contributed by atoms with van der Waals surface area (Å²) in [5.41, 5.74) is 7.20. The van der Waals surface area contributed by atoms with Gasteiger partial charge in [0.25, 0.3) is 11.9 Å². The molecule has 1 aromatic heterocycles. The highest BCUT2D eigenvalue weighted by atomic mass is 79.9. The van der Waals surface area contributed by atoms with Crippen molar-refractivity contribution in [2.45, 2.75) is 18.9 Å². The van der Waals surface area contributed by atoms with Gasteiger partial charge in [0, 0.05) is 47.2 Å². The van der Waals surface area contributed by atoms with Crippen LogP contribution in [0.1, 0.15) is 23.3 Å². The van der Waals surface area contributed by atoms with Crippen LogP contribution in [-0.2, 0) is 11.4 Å². The molecule has 1 unspecified atom stereocenters. The zero-order valence-electron chi connectivity index (χ0n) is 19.3. The van der Waals surface area contributed by atoms with Crippen LogP contribution in [0.5, 0.6) is 0 Å². The first kappa shape index (κ1) is 25.3. The lowest BCUT2D eigenvalue weighted by molar-refractivity contribution is 0.102. The minimum absolute atomic E-state index is 0.0502. The van der Waals surface area contributed by atoms with Crippen LogP contribution < -0.4 is 21.3 Å². The number of hydrogen-bond donors (Lipinski definition) is 3. The number of anilines is 3. The third kappa shape index (κ3) is 6.64. The molecule has 4 rings (SSSR count). The fourth-order valence-electron chi connectivity index (χ4n) is 4.23. The van der Waals surface area contributed by atoms with Gasteiger partial charge in [0.2, 0.25) is 0 Å². The molecular weight excluding hydrogens is 522 g/mol. The number of carbonyl (C=O) groups excluding carboxylic acids is 1. The molecular formula is C22H32BrN7O3S. The van der Waals surface area contributed by atoms with Crippen LogP contribution >= 0.6 is 15.9 Å². The summed E-state index contributed by atoms with van der Waals surface area (Å²) in [5, 5.41) is 6.41. The van der Waals surface area contributed by atoms with Crippen LogP contribution in [0.15, 0.2) is 33.4 Å². The number of oxazole rings is 1. The predicted octanol–water partition coefficient (Wildman–Crippen LogP) is 1.74. The average Bonchev–Trinajstić information content (AvgIpc) is 3.28. The minimum Gasteiger partial charge on any atom is -0.598 e. The molecule has 2 fully saturated rings. The summed E-state index contributed by atoms with van der Waals surface area (Å²) >= 11 is 2.51. The molecule has 12 heteroatoms. The summed E-state index contributed by atoms with van der Waals surface area (Å²) in [7, 11) is 2.16. The van der Waals surface area contributed by atoms with Crippen molar-refractivity contribution >= 4 is 50.6 Å². The van der Waals surface area contributed by atoms with Crippen LogP contribution in [0.4, 0.5) is 17.4 Å². The van der Waals surface area contributed by atoms with Crippen molar-refractivity contribution in [1.29, 1.82) is 0 Å². The number of carbonyl (C=O) groups is 1. The molecule has 0 spiro atoms. The lowest BCUT2D eigenvalue weighted by Gasteiger charge is -2.36. The van der Waals surface area contributed by atoms with Crippen molar-refractivity contribution in [3.05, 3.63) is 34.6 Å². The molecule has 1 atom stereocenters. The van der Waals surface area contributed by atoms with E-state index < -0.39 is 17.3 Å². The van der Waals surface area contributed by atoms with E-state index in [0.717, 1.165) is 68.8 Å². The Kier molecular flexibility index (Phi) is 8.72. The maximum Gasteiger partial charge on any atom is 0.292 e. The molecule has 1 amide bonds. The van der Waals surface area contributed by atoms with E-state index in [2.05, 4.69) is 52.7 Å². The number of nitrogens with one attached hydrogen (secondary N) is 2. The Morgan fingerprint density at radius 2 is 2.00 bits per heavy atom. The van der Waals surface area contributed by atoms with E-state index in [1.165, 1.54) is 6.26 Å². The molecule has 3 heterocycles. The fraction of sp³-hybridized carbons (Fsp3) is 0.545. The molecule has 2 aromatic rings. The normalized spacial score (nSPS) is 19.3. The first-order valence-electron chi connectivity index (χ1n) is 11.5. The number of likely N-dealkylation sites (tertiary alicyclic amines) is 1. The van der Waals surface area contributed by atoms with Gasteiger partial charge in [-0.15, -0.1) is 4.31 Å². The number of rotatable bonds is 8. The monoisotopic (exact) mass is 553 g/mol. The Morgan fingerprint density at radius 1 is 1.26 bits per heavy atom. The molecule has 0 saturated carbocycles. The van der Waals surface area contributed by atoms with Gasteiger partial charge in [-0.3, -0.25) is 4.79 Å². The van der Waals surface area contributed by atoms with Crippen molar-refractivity contribution in [3.8, 4) is 0 Å². The first-order valence-corrected chi connectivity index (χ1v) is 13.6. The Bertz CT molecular complexity index is 962. The van der Waals surface area contributed by atoms with Crippen molar-refractivity contribution < 1.29 is 13.8 Å². The van der Waals surface area contributed by atoms with E-state index in [9.17, 15) is 9.35 Å². The summed E-state index contributed by atoms with van der Waals surface area (Å²) in [6, 6.07) is 6.32. The van der Waals surface area contributed by atoms with Gasteiger partial charge in [0.15, 0.2) is 5.69 Å². The largest absolute Gasteiger partial charge is 0.598 e. The number of nitrogens with zero attached hydrogens (tertiary/aromatic N) is 4. The van der Waals surface area contributed by atoms with Gasteiger partial charge in [-0.25, -0.2) is 0 Å². The summed E-state index contributed by atoms with van der Waals surface area (Å²) in [6.07, 6.45) is 3.54. The second-order valence-electron chi connectivity index (χ2n) is 8.66. The second-order valence-corrected chi connectivity index (χ2v) is 11.1. The number of benzene rings is 1. The van der Waals surface area contributed by atoms with Crippen molar-refractivity contribution in [2.75, 3.05) is 74.6 Å². The van der Waals surface area contributed by atoms with Gasteiger partial charge < -0.3 is 35.1 Å². The molecule has 2 aliphatic rings.